The molecule has 0 spiro atoms. The van der Waals surface area contributed by atoms with E-state index in [1.807, 2.05) is 12.1 Å². The van der Waals surface area contributed by atoms with E-state index < -0.39 is 0 Å². The lowest BCUT2D eigenvalue weighted by Gasteiger charge is -2.25. The number of aryl methyl sites for hydroxylation is 1. The molecule has 0 aliphatic carbocycles. The van der Waals surface area contributed by atoms with Crippen molar-refractivity contribution in [1.82, 2.24) is 4.90 Å². The second-order valence-corrected chi connectivity index (χ2v) is 7.29. The Bertz CT molecular complexity index is 732. The van der Waals surface area contributed by atoms with E-state index in [9.17, 15) is 0 Å². The lowest BCUT2D eigenvalue weighted by atomic mass is 10.1. The molecular weight excluding hydrogens is 342 g/mol. The molecule has 0 fully saturated rings. The van der Waals surface area contributed by atoms with Gasteiger partial charge in [-0.3, -0.25) is 4.90 Å². The second kappa shape index (κ2) is 8.61. The molecule has 0 amide bonds. The second-order valence-electron chi connectivity index (χ2n) is 6.33. The van der Waals surface area contributed by atoms with Crippen LogP contribution in [-0.4, -0.2) is 4.90 Å². The Kier molecular flexibility index (Phi) is 6.24. The van der Waals surface area contributed by atoms with Gasteiger partial charge in [-0.25, -0.2) is 0 Å². The SMILES string of the molecule is Cc1ccccc1CN(Cc1ccccc1S)Cc1ccccc1S. The highest BCUT2D eigenvalue weighted by atomic mass is 32.1. The summed E-state index contributed by atoms with van der Waals surface area (Å²) < 4.78 is 0. The molecule has 0 aliphatic rings. The molecule has 0 bridgehead atoms. The maximum absolute atomic E-state index is 4.62. The van der Waals surface area contributed by atoms with Crippen molar-refractivity contribution in [1.29, 1.82) is 0 Å². The summed E-state index contributed by atoms with van der Waals surface area (Å²) in [6.45, 7) is 4.79. The van der Waals surface area contributed by atoms with Gasteiger partial charge in [0.1, 0.15) is 0 Å². The number of benzene rings is 3. The molecule has 0 aromatic heterocycles. The van der Waals surface area contributed by atoms with E-state index in [4.69, 9.17) is 0 Å². The first-order chi connectivity index (χ1) is 12.1. The summed E-state index contributed by atoms with van der Waals surface area (Å²) in [5.74, 6) is 0. The first-order valence-electron chi connectivity index (χ1n) is 8.44. The highest BCUT2D eigenvalue weighted by Gasteiger charge is 2.12. The minimum absolute atomic E-state index is 0.857. The highest BCUT2D eigenvalue weighted by molar-refractivity contribution is 7.80. The van der Waals surface area contributed by atoms with Crippen molar-refractivity contribution in [3.63, 3.8) is 0 Å². The molecule has 3 heteroatoms. The van der Waals surface area contributed by atoms with Crippen LogP contribution >= 0.6 is 25.3 Å². The number of nitrogens with zero attached hydrogens (tertiary/aromatic N) is 1. The smallest absolute Gasteiger partial charge is 0.0251 e. The number of thiol groups is 2. The fourth-order valence-electron chi connectivity index (χ4n) is 2.97. The zero-order chi connectivity index (χ0) is 17.6. The average Bonchev–Trinajstić information content (AvgIpc) is 2.61. The highest BCUT2D eigenvalue weighted by Crippen LogP contribution is 2.22. The van der Waals surface area contributed by atoms with Gasteiger partial charge >= 0.3 is 0 Å². The predicted molar refractivity (Wildman–Crippen MR) is 112 cm³/mol. The lowest BCUT2D eigenvalue weighted by Crippen LogP contribution is -2.23. The molecule has 0 saturated carbocycles. The van der Waals surface area contributed by atoms with Crippen LogP contribution in [0.2, 0.25) is 0 Å². The molecular formula is C22H23NS2. The quantitative estimate of drug-likeness (QED) is 0.524. The molecule has 0 radical (unpaired) electrons. The van der Waals surface area contributed by atoms with Gasteiger partial charge in [0.25, 0.3) is 0 Å². The van der Waals surface area contributed by atoms with Crippen molar-refractivity contribution in [2.75, 3.05) is 0 Å². The minimum Gasteiger partial charge on any atom is -0.290 e. The van der Waals surface area contributed by atoms with Crippen LogP contribution in [0, 0.1) is 6.92 Å². The lowest BCUT2D eigenvalue weighted by molar-refractivity contribution is 0.244. The number of hydrogen-bond donors (Lipinski definition) is 2. The van der Waals surface area contributed by atoms with Crippen molar-refractivity contribution in [2.45, 2.75) is 36.3 Å². The molecule has 3 aromatic carbocycles. The first-order valence-corrected chi connectivity index (χ1v) is 9.33. The Labute approximate surface area is 161 Å². The zero-order valence-corrected chi connectivity index (χ0v) is 16.2. The molecule has 0 saturated heterocycles. The molecule has 3 aromatic rings. The molecule has 0 aliphatic heterocycles. The van der Waals surface area contributed by atoms with E-state index in [1.54, 1.807) is 0 Å². The topological polar surface area (TPSA) is 3.24 Å². The van der Waals surface area contributed by atoms with Crippen LogP contribution < -0.4 is 0 Å². The van der Waals surface area contributed by atoms with E-state index in [0.29, 0.717) is 0 Å². The standard InChI is InChI=1S/C22H23NS2/c1-17-8-2-3-9-18(17)14-23(15-19-10-4-6-12-21(19)24)16-20-11-5-7-13-22(20)25/h2-13,24-25H,14-16H2,1H3. The maximum atomic E-state index is 4.62. The van der Waals surface area contributed by atoms with E-state index in [1.165, 1.54) is 22.3 Å². The number of hydrogen-bond acceptors (Lipinski definition) is 3. The molecule has 0 N–H and O–H groups in total. The zero-order valence-electron chi connectivity index (χ0n) is 14.4. The molecule has 1 nitrogen and oxygen atoms in total. The molecule has 128 valence electrons. The summed E-state index contributed by atoms with van der Waals surface area (Å²) in [4.78, 5) is 4.53. The third-order valence-electron chi connectivity index (χ3n) is 4.43. The molecule has 3 rings (SSSR count). The van der Waals surface area contributed by atoms with Crippen LogP contribution in [0.1, 0.15) is 22.3 Å². The minimum atomic E-state index is 0.857. The van der Waals surface area contributed by atoms with Crippen molar-refractivity contribution >= 4 is 25.3 Å². The van der Waals surface area contributed by atoms with E-state index in [2.05, 4.69) is 97.7 Å². The summed E-state index contributed by atoms with van der Waals surface area (Å²) >= 11 is 9.25. The average molecular weight is 366 g/mol. The summed E-state index contributed by atoms with van der Waals surface area (Å²) in [5.41, 5.74) is 5.17. The van der Waals surface area contributed by atoms with Crippen LogP contribution in [0.5, 0.6) is 0 Å². The van der Waals surface area contributed by atoms with Gasteiger partial charge in [-0.1, -0.05) is 60.7 Å². The Morgan fingerprint density at radius 2 is 1.00 bits per heavy atom. The molecule has 25 heavy (non-hydrogen) atoms. The van der Waals surface area contributed by atoms with Crippen LogP contribution in [0.3, 0.4) is 0 Å². The Balaban J connectivity index is 1.86. The Hall–Kier alpha value is -1.68. The van der Waals surface area contributed by atoms with Crippen molar-refractivity contribution in [3.05, 3.63) is 95.1 Å². The monoisotopic (exact) mass is 365 g/mol. The fraction of sp³-hybridized carbons (Fsp3) is 0.182. The van der Waals surface area contributed by atoms with Crippen LogP contribution in [-0.2, 0) is 19.6 Å². The Morgan fingerprint density at radius 3 is 1.48 bits per heavy atom. The van der Waals surface area contributed by atoms with Gasteiger partial charge in [0, 0.05) is 29.4 Å². The van der Waals surface area contributed by atoms with Crippen LogP contribution in [0.15, 0.2) is 82.6 Å². The predicted octanol–water partition coefficient (Wildman–Crippen LogP) is 5.77. The summed E-state index contributed by atoms with van der Waals surface area (Å²) in [7, 11) is 0. The van der Waals surface area contributed by atoms with Crippen molar-refractivity contribution < 1.29 is 0 Å². The first kappa shape index (κ1) is 18.1. The summed E-state index contributed by atoms with van der Waals surface area (Å²) in [6, 6.07) is 25.2. The summed E-state index contributed by atoms with van der Waals surface area (Å²) in [6.07, 6.45) is 0. The molecule has 0 heterocycles. The van der Waals surface area contributed by atoms with Gasteiger partial charge in [0.2, 0.25) is 0 Å². The van der Waals surface area contributed by atoms with Gasteiger partial charge in [-0.05, 0) is 41.3 Å². The van der Waals surface area contributed by atoms with Gasteiger partial charge < -0.3 is 0 Å². The van der Waals surface area contributed by atoms with Crippen LogP contribution in [0.25, 0.3) is 0 Å². The van der Waals surface area contributed by atoms with Crippen molar-refractivity contribution in [2.24, 2.45) is 0 Å². The van der Waals surface area contributed by atoms with E-state index in [0.717, 1.165) is 29.4 Å². The van der Waals surface area contributed by atoms with E-state index in [-0.39, 0.29) is 0 Å². The molecule has 0 unspecified atom stereocenters. The van der Waals surface area contributed by atoms with E-state index >= 15 is 0 Å². The van der Waals surface area contributed by atoms with Gasteiger partial charge in [-0.15, -0.1) is 25.3 Å². The van der Waals surface area contributed by atoms with Gasteiger partial charge in [0.05, 0.1) is 0 Å². The maximum Gasteiger partial charge on any atom is 0.0251 e. The third-order valence-corrected chi connectivity index (χ3v) is 5.30. The normalized spacial score (nSPS) is 11.0. The Morgan fingerprint density at radius 1 is 0.600 bits per heavy atom. The van der Waals surface area contributed by atoms with Gasteiger partial charge in [0.15, 0.2) is 0 Å². The van der Waals surface area contributed by atoms with Crippen molar-refractivity contribution in [3.8, 4) is 0 Å². The fourth-order valence-corrected chi connectivity index (χ4v) is 3.43. The van der Waals surface area contributed by atoms with Crippen LogP contribution in [0.4, 0.5) is 0 Å². The summed E-state index contributed by atoms with van der Waals surface area (Å²) in [5, 5.41) is 0. The third kappa shape index (κ3) is 4.91. The molecule has 0 atom stereocenters. The number of rotatable bonds is 6. The largest absolute Gasteiger partial charge is 0.290 e. The van der Waals surface area contributed by atoms with Gasteiger partial charge in [-0.2, -0.15) is 0 Å².